The van der Waals surface area contributed by atoms with Crippen LogP contribution in [-0.2, 0) is 4.79 Å². The topological polar surface area (TPSA) is 59.2 Å². The molecule has 1 atom stereocenters. The van der Waals surface area contributed by atoms with Gasteiger partial charge in [0.25, 0.3) is 0 Å². The van der Waals surface area contributed by atoms with E-state index < -0.39 is 0 Å². The van der Waals surface area contributed by atoms with Crippen LogP contribution in [0.5, 0.6) is 0 Å². The highest BCUT2D eigenvalue weighted by Crippen LogP contribution is 2.28. The molecule has 0 saturated carbocycles. The van der Waals surface area contributed by atoms with Crippen LogP contribution < -0.4 is 0 Å². The van der Waals surface area contributed by atoms with E-state index in [1.165, 1.54) is 0 Å². The van der Waals surface area contributed by atoms with Crippen LogP contribution in [-0.4, -0.2) is 34.0 Å². The van der Waals surface area contributed by atoms with Crippen molar-refractivity contribution in [3.63, 3.8) is 0 Å². The molecule has 1 saturated heterocycles. The Bertz CT molecular complexity index is 967. The molecular formula is C22H20ClN3O2. The Morgan fingerprint density at radius 2 is 1.93 bits per heavy atom. The summed E-state index contributed by atoms with van der Waals surface area (Å²) in [6.07, 6.45) is 5.31. The summed E-state index contributed by atoms with van der Waals surface area (Å²) in [6, 6.07) is 17.1. The smallest absolute Gasteiger partial charge is 0.246 e. The largest absolute Gasteiger partial charge is 0.339 e. The average Bonchev–Trinajstić information content (AvgIpc) is 3.24. The Labute approximate surface area is 168 Å². The lowest BCUT2D eigenvalue weighted by Crippen LogP contribution is -2.38. The van der Waals surface area contributed by atoms with Crippen molar-refractivity contribution in [1.82, 2.24) is 15.0 Å². The molecule has 2 aromatic carbocycles. The Hall–Kier alpha value is -2.92. The van der Waals surface area contributed by atoms with Crippen LogP contribution in [0, 0.1) is 0 Å². The van der Waals surface area contributed by atoms with Crippen molar-refractivity contribution in [2.45, 2.75) is 18.8 Å². The molecular weight excluding hydrogens is 374 g/mol. The Balaban J connectivity index is 1.43. The molecule has 1 aromatic heterocycles. The van der Waals surface area contributed by atoms with Crippen molar-refractivity contribution < 1.29 is 9.32 Å². The van der Waals surface area contributed by atoms with Gasteiger partial charge >= 0.3 is 0 Å². The van der Waals surface area contributed by atoms with E-state index in [2.05, 4.69) is 10.1 Å². The highest BCUT2D eigenvalue weighted by molar-refractivity contribution is 6.30. The first-order valence-corrected chi connectivity index (χ1v) is 9.68. The zero-order valence-electron chi connectivity index (χ0n) is 15.3. The fourth-order valence-electron chi connectivity index (χ4n) is 3.33. The monoisotopic (exact) mass is 393 g/mol. The minimum atomic E-state index is 0.00555. The average molecular weight is 394 g/mol. The fourth-order valence-corrected chi connectivity index (χ4v) is 3.46. The van der Waals surface area contributed by atoms with Crippen molar-refractivity contribution in [3.05, 3.63) is 77.2 Å². The maximum atomic E-state index is 12.6. The van der Waals surface area contributed by atoms with Crippen LogP contribution in [0.25, 0.3) is 17.5 Å². The van der Waals surface area contributed by atoms with E-state index in [9.17, 15) is 4.79 Å². The van der Waals surface area contributed by atoms with E-state index in [0.717, 1.165) is 30.5 Å². The summed E-state index contributed by atoms with van der Waals surface area (Å²) in [5.41, 5.74) is 1.86. The molecule has 0 aliphatic carbocycles. The SMILES string of the molecule is O=C(/C=C/c1ccccc1)N1CCCC(c2nc(-c3ccc(Cl)cc3)no2)C1. The Kier molecular flexibility index (Phi) is 5.53. The summed E-state index contributed by atoms with van der Waals surface area (Å²) in [6.45, 7) is 1.33. The summed E-state index contributed by atoms with van der Waals surface area (Å²) in [7, 11) is 0. The molecule has 1 fully saturated rings. The quantitative estimate of drug-likeness (QED) is 0.597. The molecule has 1 aliphatic heterocycles. The first-order valence-electron chi connectivity index (χ1n) is 9.30. The summed E-state index contributed by atoms with van der Waals surface area (Å²) in [4.78, 5) is 19.0. The predicted molar refractivity (Wildman–Crippen MR) is 109 cm³/mol. The highest BCUT2D eigenvalue weighted by atomic mass is 35.5. The summed E-state index contributed by atoms with van der Waals surface area (Å²) in [5, 5.41) is 4.75. The zero-order chi connectivity index (χ0) is 19.3. The molecule has 0 bridgehead atoms. The third-order valence-corrected chi connectivity index (χ3v) is 5.10. The van der Waals surface area contributed by atoms with Gasteiger partial charge in [-0.15, -0.1) is 0 Å². The molecule has 28 heavy (non-hydrogen) atoms. The molecule has 6 heteroatoms. The second-order valence-electron chi connectivity index (χ2n) is 6.83. The maximum Gasteiger partial charge on any atom is 0.246 e. The van der Waals surface area contributed by atoms with E-state index in [4.69, 9.17) is 16.1 Å². The molecule has 0 radical (unpaired) electrons. The maximum absolute atomic E-state index is 12.6. The summed E-state index contributed by atoms with van der Waals surface area (Å²) < 4.78 is 5.50. The lowest BCUT2D eigenvalue weighted by molar-refractivity contribution is -0.127. The summed E-state index contributed by atoms with van der Waals surface area (Å²) in [5.74, 6) is 1.18. The standard InChI is InChI=1S/C22H20ClN3O2/c23-19-11-9-17(10-12-19)21-24-22(28-25-21)18-7-4-14-26(15-18)20(27)13-8-16-5-2-1-3-6-16/h1-3,5-6,8-13,18H,4,7,14-15H2/b13-8+. The third kappa shape index (κ3) is 4.31. The van der Waals surface area contributed by atoms with Crippen molar-refractivity contribution in [1.29, 1.82) is 0 Å². The predicted octanol–water partition coefficient (Wildman–Crippen LogP) is 4.81. The number of halogens is 1. The van der Waals surface area contributed by atoms with Gasteiger partial charge < -0.3 is 9.42 Å². The van der Waals surface area contributed by atoms with Crippen LogP contribution in [0.4, 0.5) is 0 Å². The number of likely N-dealkylation sites (tertiary alicyclic amines) is 1. The number of benzene rings is 2. The van der Waals surface area contributed by atoms with Crippen LogP contribution in [0.3, 0.4) is 0 Å². The number of carbonyl (C=O) groups is 1. The Morgan fingerprint density at radius 1 is 1.14 bits per heavy atom. The second-order valence-corrected chi connectivity index (χ2v) is 7.27. The highest BCUT2D eigenvalue weighted by Gasteiger charge is 2.28. The third-order valence-electron chi connectivity index (χ3n) is 4.84. The first-order chi connectivity index (χ1) is 13.7. The zero-order valence-corrected chi connectivity index (χ0v) is 16.0. The van der Waals surface area contributed by atoms with E-state index >= 15 is 0 Å². The molecule has 1 aliphatic rings. The molecule has 142 valence electrons. The van der Waals surface area contributed by atoms with Crippen LogP contribution in [0.2, 0.25) is 5.02 Å². The number of rotatable bonds is 4. The van der Waals surface area contributed by atoms with Gasteiger partial charge in [-0.1, -0.05) is 47.1 Å². The molecule has 1 unspecified atom stereocenters. The number of amides is 1. The van der Waals surface area contributed by atoms with Crippen molar-refractivity contribution in [2.75, 3.05) is 13.1 Å². The number of carbonyl (C=O) groups excluding carboxylic acids is 1. The number of aromatic nitrogens is 2. The molecule has 2 heterocycles. The van der Waals surface area contributed by atoms with Gasteiger partial charge in [0.15, 0.2) is 0 Å². The van der Waals surface area contributed by atoms with Crippen LogP contribution in [0.15, 0.2) is 65.2 Å². The van der Waals surface area contributed by atoms with Gasteiger partial charge in [0.2, 0.25) is 17.6 Å². The van der Waals surface area contributed by atoms with Gasteiger partial charge in [-0.3, -0.25) is 4.79 Å². The van der Waals surface area contributed by atoms with Gasteiger partial charge in [-0.2, -0.15) is 4.98 Å². The van der Waals surface area contributed by atoms with E-state index in [0.29, 0.717) is 23.3 Å². The second kappa shape index (κ2) is 8.40. The van der Waals surface area contributed by atoms with Crippen LogP contribution in [0.1, 0.15) is 30.2 Å². The first kappa shape index (κ1) is 18.4. The number of hydrogen-bond donors (Lipinski definition) is 0. The van der Waals surface area contributed by atoms with E-state index in [1.54, 1.807) is 18.2 Å². The molecule has 4 rings (SSSR count). The number of nitrogens with zero attached hydrogens (tertiary/aromatic N) is 3. The van der Waals surface area contributed by atoms with Gasteiger partial charge in [0, 0.05) is 29.8 Å². The van der Waals surface area contributed by atoms with Gasteiger partial charge in [-0.25, -0.2) is 0 Å². The lowest BCUT2D eigenvalue weighted by Gasteiger charge is -2.30. The molecule has 0 N–H and O–H groups in total. The number of hydrogen-bond acceptors (Lipinski definition) is 4. The molecule has 3 aromatic rings. The molecule has 0 spiro atoms. The lowest BCUT2D eigenvalue weighted by atomic mass is 9.98. The summed E-state index contributed by atoms with van der Waals surface area (Å²) >= 11 is 5.93. The fraction of sp³-hybridized carbons (Fsp3) is 0.227. The minimum Gasteiger partial charge on any atom is -0.339 e. The van der Waals surface area contributed by atoms with Gasteiger partial charge in [0.1, 0.15) is 0 Å². The van der Waals surface area contributed by atoms with Crippen LogP contribution >= 0.6 is 11.6 Å². The number of piperidine rings is 1. The Morgan fingerprint density at radius 3 is 2.71 bits per heavy atom. The van der Waals surface area contributed by atoms with Gasteiger partial charge in [0.05, 0.1) is 5.92 Å². The normalized spacial score (nSPS) is 17.2. The van der Waals surface area contributed by atoms with Gasteiger partial charge in [-0.05, 0) is 48.7 Å². The van der Waals surface area contributed by atoms with Crippen molar-refractivity contribution in [2.24, 2.45) is 0 Å². The minimum absolute atomic E-state index is 0.00555. The van der Waals surface area contributed by atoms with E-state index in [1.807, 2.05) is 53.4 Å². The van der Waals surface area contributed by atoms with Crippen molar-refractivity contribution >= 4 is 23.6 Å². The molecule has 1 amide bonds. The van der Waals surface area contributed by atoms with Crippen molar-refractivity contribution in [3.8, 4) is 11.4 Å². The molecule has 5 nitrogen and oxygen atoms in total. The van der Waals surface area contributed by atoms with E-state index in [-0.39, 0.29) is 11.8 Å².